The minimum atomic E-state index is -0.592. The van der Waals surface area contributed by atoms with E-state index in [1.165, 1.54) is 31.4 Å². The van der Waals surface area contributed by atoms with Crippen molar-refractivity contribution in [2.24, 2.45) is 0 Å². The highest BCUT2D eigenvalue weighted by Crippen LogP contribution is 2.23. The molecular formula is C16H12BrClFNO3. The first-order chi connectivity index (χ1) is 10.9. The minimum Gasteiger partial charge on any atom is -0.465 e. The van der Waals surface area contributed by atoms with Gasteiger partial charge >= 0.3 is 5.97 Å². The van der Waals surface area contributed by atoms with Crippen molar-refractivity contribution in [2.45, 2.75) is 6.42 Å². The molecule has 4 nitrogen and oxygen atoms in total. The summed E-state index contributed by atoms with van der Waals surface area (Å²) in [5.41, 5.74) is 0.566. The zero-order valence-corrected chi connectivity index (χ0v) is 14.4. The van der Waals surface area contributed by atoms with Gasteiger partial charge in [-0.2, -0.15) is 0 Å². The summed E-state index contributed by atoms with van der Waals surface area (Å²) in [5.74, 6) is -1.65. The summed E-state index contributed by atoms with van der Waals surface area (Å²) in [5, 5.41) is 2.74. The standard InChI is InChI=1S/C16H12BrClFNO3/c1-23-16(22)11-7-9(17)5-6-14(11)20-15(21)8-10-12(18)3-2-4-13(10)19/h2-7H,8H2,1H3,(H,20,21). The van der Waals surface area contributed by atoms with E-state index in [0.717, 1.165) is 0 Å². The third kappa shape index (κ3) is 4.30. The Bertz CT molecular complexity index is 747. The van der Waals surface area contributed by atoms with Crippen LogP contribution in [0, 0.1) is 5.82 Å². The highest BCUT2D eigenvalue weighted by Gasteiger charge is 2.16. The molecule has 0 unspecified atom stereocenters. The van der Waals surface area contributed by atoms with Crippen molar-refractivity contribution in [3.05, 3.63) is 62.8 Å². The van der Waals surface area contributed by atoms with Gasteiger partial charge in [-0.05, 0) is 30.3 Å². The molecule has 7 heteroatoms. The molecule has 2 aromatic rings. The molecule has 0 aliphatic rings. The van der Waals surface area contributed by atoms with E-state index in [1.807, 2.05) is 0 Å². The largest absolute Gasteiger partial charge is 0.465 e. The summed E-state index contributed by atoms with van der Waals surface area (Å²) in [6.45, 7) is 0. The lowest BCUT2D eigenvalue weighted by molar-refractivity contribution is -0.115. The summed E-state index contributed by atoms with van der Waals surface area (Å²) < 4.78 is 19.1. The number of carbonyl (C=O) groups excluding carboxylic acids is 2. The number of carbonyl (C=O) groups is 2. The Kier molecular flexibility index (Phi) is 5.74. The highest BCUT2D eigenvalue weighted by atomic mass is 79.9. The zero-order valence-electron chi connectivity index (χ0n) is 12.0. The maximum absolute atomic E-state index is 13.7. The predicted molar refractivity (Wildman–Crippen MR) is 89.2 cm³/mol. The van der Waals surface area contributed by atoms with Crippen LogP contribution in [0.25, 0.3) is 0 Å². The van der Waals surface area contributed by atoms with Gasteiger partial charge in [0.25, 0.3) is 0 Å². The third-order valence-corrected chi connectivity index (χ3v) is 3.91. The maximum atomic E-state index is 13.7. The van der Waals surface area contributed by atoms with Gasteiger partial charge in [0.2, 0.25) is 5.91 Å². The van der Waals surface area contributed by atoms with E-state index in [-0.39, 0.29) is 28.3 Å². The fraction of sp³-hybridized carbons (Fsp3) is 0.125. The van der Waals surface area contributed by atoms with Crippen molar-refractivity contribution in [3.63, 3.8) is 0 Å². The average Bonchev–Trinajstić information content (AvgIpc) is 2.52. The fourth-order valence-electron chi connectivity index (χ4n) is 1.96. The number of halogens is 3. The van der Waals surface area contributed by atoms with Crippen molar-refractivity contribution in [1.82, 2.24) is 0 Å². The number of benzene rings is 2. The lowest BCUT2D eigenvalue weighted by Gasteiger charge is -2.11. The van der Waals surface area contributed by atoms with Crippen LogP contribution in [0.1, 0.15) is 15.9 Å². The molecule has 0 saturated carbocycles. The fourth-order valence-corrected chi connectivity index (χ4v) is 2.55. The van der Waals surface area contributed by atoms with Crippen LogP contribution in [0.3, 0.4) is 0 Å². The van der Waals surface area contributed by atoms with Crippen molar-refractivity contribution in [3.8, 4) is 0 Å². The number of rotatable bonds is 4. The summed E-state index contributed by atoms with van der Waals surface area (Å²) in [6.07, 6.45) is -0.248. The molecule has 120 valence electrons. The van der Waals surface area contributed by atoms with Crippen LogP contribution < -0.4 is 5.32 Å². The number of ether oxygens (including phenoxy) is 1. The third-order valence-electron chi connectivity index (χ3n) is 3.06. The quantitative estimate of drug-likeness (QED) is 0.782. The van der Waals surface area contributed by atoms with Crippen LogP contribution in [0.4, 0.5) is 10.1 Å². The van der Waals surface area contributed by atoms with Gasteiger partial charge in [0, 0.05) is 15.1 Å². The molecule has 0 heterocycles. The maximum Gasteiger partial charge on any atom is 0.340 e. The molecule has 2 aromatic carbocycles. The monoisotopic (exact) mass is 399 g/mol. The van der Waals surface area contributed by atoms with Gasteiger partial charge in [0.15, 0.2) is 0 Å². The Morgan fingerprint density at radius 3 is 2.70 bits per heavy atom. The lowest BCUT2D eigenvalue weighted by Crippen LogP contribution is -2.18. The molecule has 0 saturated heterocycles. The number of nitrogens with one attached hydrogen (secondary N) is 1. The van der Waals surface area contributed by atoms with E-state index in [2.05, 4.69) is 26.0 Å². The number of hydrogen-bond donors (Lipinski definition) is 1. The number of methoxy groups -OCH3 is 1. The van der Waals surface area contributed by atoms with E-state index >= 15 is 0 Å². The molecule has 1 N–H and O–H groups in total. The molecule has 0 aliphatic carbocycles. The number of anilines is 1. The molecule has 2 rings (SSSR count). The molecule has 0 aromatic heterocycles. The first-order valence-electron chi connectivity index (χ1n) is 6.53. The number of amides is 1. The second kappa shape index (κ2) is 7.57. The summed E-state index contributed by atoms with van der Waals surface area (Å²) in [4.78, 5) is 23.9. The number of hydrogen-bond acceptors (Lipinski definition) is 3. The first-order valence-corrected chi connectivity index (χ1v) is 7.70. The van der Waals surface area contributed by atoms with Gasteiger partial charge in [0.05, 0.1) is 24.8 Å². The van der Waals surface area contributed by atoms with Gasteiger partial charge in [-0.15, -0.1) is 0 Å². The summed E-state index contributed by atoms with van der Waals surface area (Å²) in [7, 11) is 1.24. The van der Waals surface area contributed by atoms with Crippen LogP contribution in [-0.2, 0) is 16.0 Å². The summed E-state index contributed by atoms with van der Waals surface area (Å²) in [6, 6.07) is 8.94. The van der Waals surface area contributed by atoms with Crippen LogP contribution in [0.5, 0.6) is 0 Å². The molecule has 0 aliphatic heterocycles. The van der Waals surface area contributed by atoms with E-state index in [4.69, 9.17) is 11.6 Å². The Balaban J connectivity index is 2.22. The molecule has 0 bridgehead atoms. The molecule has 0 spiro atoms. The Morgan fingerprint density at radius 1 is 1.30 bits per heavy atom. The van der Waals surface area contributed by atoms with Crippen LogP contribution in [0.15, 0.2) is 40.9 Å². The van der Waals surface area contributed by atoms with Gasteiger partial charge < -0.3 is 10.1 Å². The van der Waals surface area contributed by atoms with Gasteiger partial charge in [-0.3, -0.25) is 4.79 Å². The number of esters is 1. The van der Waals surface area contributed by atoms with Gasteiger partial charge in [-0.1, -0.05) is 33.6 Å². The van der Waals surface area contributed by atoms with Crippen LogP contribution in [-0.4, -0.2) is 19.0 Å². The normalized spacial score (nSPS) is 10.3. The van der Waals surface area contributed by atoms with Gasteiger partial charge in [-0.25, -0.2) is 9.18 Å². The predicted octanol–water partition coefficient (Wildman–Crippen LogP) is 4.21. The van der Waals surface area contributed by atoms with E-state index in [0.29, 0.717) is 4.47 Å². The molecule has 0 fully saturated rings. The Hall–Kier alpha value is -1.92. The topological polar surface area (TPSA) is 55.4 Å². The summed E-state index contributed by atoms with van der Waals surface area (Å²) >= 11 is 9.15. The molecule has 1 amide bonds. The van der Waals surface area contributed by atoms with E-state index in [1.54, 1.807) is 12.1 Å². The van der Waals surface area contributed by atoms with Crippen molar-refractivity contribution in [1.29, 1.82) is 0 Å². The lowest BCUT2D eigenvalue weighted by atomic mass is 10.1. The smallest absolute Gasteiger partial charge is 0.340 e. The second-order valence-electron chi connectivity index (χ2n) is 4.61. The highest BCUT2D eigenvalue weighted by molar-refractivity contribution is 9.10. The van der Waals surface area contributed by atoms with Crippen molar-refractivity contribution < 1.29 is 18.7 Å². The van der Waals surface area contributed by atoms with Crippen molar-refractivity contribution in [2.75, 3.05) is 12.4 Å². The second-order valence-corrected chi connectivity index (χ2v) is 5.93. The van der Waals surface area contributed by atoms with Crippen LogP contribution >= 0.6 is 27.5 Å². The molecule has 0 atom stereocenters. The van der Waals surface area contributed by atoms with E-state index in [9.17, 15) is 14.0 Å². The Labute approximate surface area is 145 Å². The minimum absolute atomic E-state index is 0.100. The van der Waals surface area contributed by atoms with Gasteiger partial charge in [0.1, 0.15) is 5.82 Å². The van der Waals surface area contributed by atoms with Crippen LogP contribution in [0.2, 0.25) is 5.02 Å². The molecule has 23 heavy (non-hydrogen) atoms. The first kappa shape index (κ1) is 17.4. The SMILES string of the molecule is COC(=O)c1cc(Br)ccc1NC(=O)Cc1c(F)cccc1Cl. The zero-order chi connectivity index (χ0) is 17.0. The van der Waals surface area contributed by atoms with Crippen molar-refractivity contribution >= 4 is 45.1 Å². The Morgan fingerprint density at radius 2 is 2.04 bits per heavy atom. The average molecular weight is 401 g/mol. The van der Waals surface area contributed by atoms with E-state index < -0.39 is 17.7 Å². The molecule has 0 radical (unpaired) electrons. The molecular weight excluding hydrogens is 389 g/mol.